The van der Waals surface area contributed by atoms with E-state index in [1.807, 2.05) is 12.1 Å². The van der Waals surface area contributed by atoms with Gasteiger partial charge in [0.05, 0.1) is 5.92 Å². The fraction of sp³-hybridized carbons (Fsp3) is 0.533. The molecule has 0 bridgehead atoms. The van der Waals surface area contributed by atoms with Gasteiger partial charge in [-0.15, -0.1) is 0 Å². The van der Waals surface area contributed by atoms with Gasteiger partial charge >= 0.3 is 0 Å². The highest BCUT2D eigenvalue weighted by Gasteiger charge is 2.22. The second kappa shape index (κ2) is 6.01. The van der Waals surface area contributed by atoms with E-state index in [1.165, 1.54) is 5.56 Å². The van der Waals surface area contributed by atoms with Crippen LogP contribution in [0.5, 0.6) is 0 Å². The third-order valence-electron chi connectivity index (χ3n) is 3.79. The quantitative estimate of drug-likeness (QED) is 0.857. The lowest BCUT2D eigenvalue weighted by molar-refractivity contribution is -0.119. The summed E-state index contributed by atoms with van der Waals surface area (Å²) in [6.07, 6.45) is 2.08. The molecule has 98 valence electrons. The molecule has 2 atom stereocenters. The summed E-state index contributed by atoms with van der Waals surface area (Å²) in [5.74, 6) is 0.837. The molecular formula is C15H22N2O. The number of benzene rings is 1. The first-order valence-electron chi connectivity index (χ1n) is 6.82. The number of carbonyl (C=O) groups is 1. The van der Waals surface area contributed by atoms with Crippen LogP contribution >= 0.6 is 0 Å². The minimum absolute atomic E-state index is 0.124. The molecule has 1 aliphatic rings. The van der Waals surface area contributed by atoms with Gasteiger partial charge in [-0.1, -0.05) is 26.0 Å². The molecule has 0 saturated carbocycles. The second-order valence-electron chi connectivity index (χ2n) is 5.11. The summed E-state index contributed by atoms with van der Waals surface area (Å²) in [5.41, 5.74) is 2.23. The molecular weight excluding hydrogens is 224 g/mol. The number of carbonyl (C=O) groups excluding carboxylic acids is 1. The van der Waals surface area contributed by atoms with Crippen molar-refractivity contribution in [2.45, 2.75) is 32.6 Å². The van der Waals surface area contributed by atoms with E-state index < -0.39 is 0 Å². The molecule has 3 heteroatoms. The van der Waals surface area contributed by atoms with Crippen LogP contribution in [0.3, 0.4) is 0 Å². The second-order valence-corrected chi connectivity index (χ2v) is 5.11. The Labute approximate surface area is 109 Å². The van der Waals surface area contributed by atoms with Crippen molar-refractivity contribution in [2.75, 3.05) is 18.4 Å². The van der Waals surface area contributed by atoms with Gasteiger partial charge in [-0.05, 0) is 43.0 Å². The van der Waals surface area contributed by atoms with Gasteiger partial charge in [-0.2, -0.15) is 0 Å². The van der Waals surface area contributed by atoms with Crippen molar-refractivity contribution >= 4 is 11.6 Å². The first-order valence-corrected chi connectivity index (χ1v) is 6.82. The molecule has 0 aliphatic carbocycles. The van der Waals surface area contributed by atoms with Crippen LogP contribution in [-0.2, 0) is 4.79 Å². The molecule has 1 amide bonds. The third kappa shape index (κ3) is 3.10. The number of amides is 1. The molecule has 0 radical (unpaired) electrons. The Morgan fingerprint density at radius 2 is 2.17 bits per heavy atom. The molecule has 1 aromatic rings. The van der Waals surface area contributed by atoms with Crippen LogP contribution in [-0.4, -0.2) is 19.0 Å². The van der Waals surface area contributed by atoms with Gasteiger partial charge in [0.25, 0.3) is 0 Å². The third-order valence-corrected chi connectivity index (χ3v) is 3.79. The van der Waals surface area contributed by atoms with Crippen LogP contribution in [0.15, 0.2) is 24.3 Å². The van der Waals surface area contributed by atoms with Gasteiger partial charge in [-0.3, -0.25) is 4.79 Å². The number of anilines is 1. The number of rotatable bonds is 4. The zero-order valence-corrected chi connectivity index (χ0v) is 11.2. The standard InChI is InChI=1S/C15H22N2O/c1-3-11(2)12-4-6-14(7-5-12)17-15(18)13-8-9-16-10-13/h4-7,11,13,16H,3,8-10H2,1-2H3,(H,17,18). The van der Waals surface area contributed by atoms with E-state index in [1.54, 1.807) is 0 Å². The maximum absolute atomic E-state index is 11.9. The van der Waals surface area contributed by atoms with Crippen molar-refractivity contribution in [2.24, 2.45) is 5.92 Å². The molecule has 0 aromatic heterocycles. The van der Waals surface area contributed by atoms with E-state index in [-0.39, 0.29) is 11.8 Å². The summed E-state index contributed by atoms with van der Waals surface area (Å²) < 4.78 is 0. The summed E-state index contributed by atoms with van der Waals surface area (Å²) in [7, 11) is 0. The first kappa shape index (κ1) is 13.1. The van der Waals surface area contributed by atoms with E-state index in [4.69, 9.17) is 0 Å². The molecule has 1 aromatic carbocycles. The van der Waals surface area contributed by atoms with E-state index in [2.05, 4.69) is 36.6 Å². The summed E-state index contributed by atoms with van der Waals surface area (Å²) in [4.78, 5) is 11.9. The van der Waals surface area contributed by atoms with Gasteiger partial charge in [0.1, 0.15) is 0 Å². The SMILES string of the molecule is CCC(C)c1ccc(NC(=O)C2CCNC2)cc1. The van der Waals surface area contributed by atoms with E-state index in [0.717, 1.165) is 31.6 Å². The first-order chi connectivity index (χ1) is 8.70. The summed E-state index contributed by atoms with van der Waals surface area (Å²) in [6, 6.07) is 8.22. The smallest absolute Gasteiger partial charge is 0.228 e. The van der Waals surface area contributed by atoms with Crippen molar-refractivity contribution < 1.29 is 4.79 Å². The minimum atomic E-state index is 0.124. The number of nitrogens with one attached hydrogen (secondary N) is 2. The Bertz CT molecular complexity index is 393. The average Bonchev–Trinajstić information content (AvgIpc) is 2.92. The summed E-state index contributed by atoms with van der Waals surface area (Å²) in [5, 5.41) is 6.20. The van der Waals surface area contributed by atoms with Crippen LogP contribution in [0.1, 0.15) is 38.2 Å². The van der Waals surface area contributed by atoms with Crippen LogP contribution in [0, 0.1) is 5.92 Å². The predicted molar refractivity (Wildman–Crippen MR) is 74.8 cm³/mol. The topological polar surface area (TPSA) is 41.1 Å². The molecule has 1 fully saturated rings. The minimum Gasteiger partial charge on any atom is -0.326 e. The molecule has 1 saturated heterocycles. The normalized spacial score (nSPS) is 20.7. The Balaban J connectivity index is 1.95. The Hall–Kier alpha value is -1.35. The molecule has 0 spiro atoms. The van der Waals surface area contributed by atoms with Crippen LogP contribution in [0.4, 0.5) is 5.69 Å². The van der Waals surface area contributed by atoms with Gasteiger partial charge in [0.2, 0.25) is 5.91 Å². The molecule has 2 unspecified atom stereocenters. The molecule has 2 N–H and O–H groups in total. The lowest BCUT2D eigenvalue weighted by Gasteiger charge is -2.12. The monoisotopic (exact) mass is 246 g/mol. The molecule has 2 rings (SSSR count). The summed E-state index contributed by atoms with van der Waals surface area (Å²) in [6.45, 7) is 6.16. The highest BCUT2D eigenvalue weighted by Crippen LogP contribution is 2.21. The zero-order chi connectivity index (χ0) is 13.0. The number of hydrogen-bond acceptors (Lipinski definition) is 2. The van der Waals surface area contributed by atoms with Gasteiger partial charge in [-0.25, -0.2) is 0 Å². The van der Waals surface area contributed by atoms with Crippen LogP contribution in [0.2, 0.25) is 0 Å². The van der Waals surface area contributed by atoms with Crippen LogP contribution in [0.25, 0.3) is 0 Å². The van der Waals surface area contributed by atoms with Crippen molar-refractivity contribution in [1.29, 1.82) is 0 Å². The average molecular weight is 246 g/mol. The molecule has 1 heterocycles. The number of hydrogen-bond donors (Lipinski definition) is 2. The Morgan fingerprint density at radius 3 is 2.72 bits per heavy atom. The van der Waals surface area contributed by atoms with Crippen molar-refractivity contribution in [3.63, 3.8) is 0 Å². The predicted octanol–water partition coefficient (Wildman–Crippen LogP) is 2.75. The van der Waals surface area contributed by atoms with Crippen molar-refractivity contribution in [3.05, 3.63) is 29.8 Å². The maximum Gasteiger partial charge on any atom is 0.228 e. The van der Waals surface area contributed by atoms with Crippen molar-refractivity contribution in [1.82, 2.24) is 5.32 Å². The lowest BCUT2D eigenvalue weighted by atomic mass is 9.98. The maximum atomic E-state index is 11.9. The van der Waals surface area contributed by atoms with E-state index >= 15 is 0 Å². The Morgan fingerprint density at radius 1 is 1.44 bits per heavy atom. The van der Waals surface area contributed by atoms with E-state index in [9.17, 15) is 4.79 Å². The Kier molecular flexibility index (Phi) is 4.37. The van der Waals surface area contributed by atoms with E-state index in [0.29, 0.717) is 5.92 Å². The molecule has 18 heavy (non-hydrogen) atoms. The van der Waals surface area contributed by atoms with Crippen LogP contribution < -0.4 is 10.6 Å². The molecule has 3 nitrogen and oxygen atoms in total. The van der Waals surface area contributed by atoms with Gasteiger partial charge < -0.3 is 10.6 Å². The zero-order valence-electron chi connectivity index (χ0n) is 11.2. The highest BCUT2D eigenvalue weighted by molar-refractivity contribution is 5.92. The van der Waals surface area contributed by atoms with Gasteiger partial charge in [0, 0.05) is 12.2 Å². The van der Waals surface area contributed by atoms with Crippen molar-refractivity contribution in [3.8, 4) is 0 Å². The largest absolute Gasteiger partial charge is 0.326 e. The summed E-state index contributed by atoms with van der Waals surface area (Å²) >= 11 is 0. The highest BCUT2D eigenvalue weighted by atomic mass is 16.1. The molecule has 1 aliphatic heterocycles. The fourth-order valence-corrected chi connectivity index (χ4v) is 2.25. The fourth-order valence-electron chi connectivity index (χ4n) is 2.25. The lowest BCUT2D eigenvalue weighted by Crippen LogP contribution is -2.24. The van der Waals surface area contributed by atoms with Gasteiger partial charge in [0.15, 0.2) is 0 Å².